The zero-order chi connectivity index (χ0) is 13.8. The van der Waals surface area contributed by atoms with Crippen LogP contribution in [-0.2, 0) is 11.3 Å². The average Bonchev–Trinajstić information content (AvgIpc) is 2.96. The van der Waals surface area contributed by atoms with Crippen LogP contribution in [-0.4, -0.2) is 36.2 Å². The molecule has 0 spiro atoms. The van der Waals surface area contributed by atoms with Crippen LogP contribution in [0.4, 0.5) is 0 Å². The van der Waals surface area contributed by atoms with E-state index in [-0.39, 0.29) is 0 Å². The SMILES string of the molecule is COCC[C@@H]1CCCCN1Cc1cccc2cc[nH]c12. The molecule has 0 aliphatic carbocycles. The third kappa shape index (κ3) is 2.89. The largest absolute Gasteiger partial charge is 0.385 e. The molecule has 108 valence electrons. The van der Waals surface area contributed by atoms with Crippen molar-refractivity contribution in [3.8, 4) is 0 Å². The molecule has 3 heteroatoms. The number of aromatic nitrogens is 1. The number of hydrogen-bond donors (Lipinski definition) is 1. The fraction of sp³-hybridized carbons (Fsp3) is 0.529. The number of nitrogens with zero attached hydrogens (tertiary/aromatic N) is 1. The van der Waals surface area contributed by atoms with Gasteiger partial charge in [0.05, 0.1) is 0 Å². The van der Waals surface area contributed by atoms with Crippen molar-refractivity contribution >= 4 is 10.9 Å². The summed E-state index contributed by atoms with van der Waals surface area (Å²) in [6.07, 6.45) is 7.18. The van der Waals surface area contributed by atoms with E-state index >= 15 is 0 Å². The van der Waals surface area contributed by atoms with Crippen molar-refractivity contribution in [1.29, 1.82) is 0 Å². The van der Waals surface area contributed by atoms with Crippen molar-refractivity contribution in [2.24, 2.45) is 0 Å². The highest BCUT2D eigenvalue weighted by Crippen LogP contribution is 2.25. The van der Waals surface area contributed by atoms with E-state index in [1.54, 1.807) is 7.11 Å². The van der Waals surface area contributed by atoms with Crippen molar-refractivity contribution in [2.75, 3.05) is 20.3 Å². The van der Waals surface area contributed by atoms with Gasteiger partial charge < -0.3 is 9.72 Å². The number of methoxy groups -OCH3 is 1. The number of likely N-dealkylation sites (tertiary alicyclic amines) is 1. The van der Waals surface area contributed by atoms with Gasteiger partial charge in [0.15, 0.2) is 0 Å². The minimum Gasteiger partial charge on any atom is -0.385 e. The van der Waals surface area contributed by atoms with Gasteiger partial charge >= 0.3 is 0 Å². The Kier molecular flexibility index (Phi) is 4.38. The minimum absolute atomic E-state index is 0.675. The third-order valence-electron chi connectivity index (χ3n) is 4.45. The lowest BCUT2D eigenvalue weighted by Crippen LogP contribution is -2.39. The molecule has 1 aliphatic rings. The lowest BCUT2D eigenvalue weighted by Gasteiger charge is -2.35. The van der Waals surface area contributed by atoms with Gasteiger partial charge in [-0.3, -0.25) is 4.90 Å². The van der Waals surface area contributed by atoms with Crippen LogP contribution < -0.4 is 0 Å². The molecule has 1 aliphatic heterocycles. The predicted octanol–water partition coefficient (Wildman–Crippen LogP) is 3.56. The minimum atomic E-state index is 0.675. The number of nitrogens with one attached hydrogen (secondary N) is 1. The summed E-state index contributed by atoms with van der Waals surface area (Å²) in [4.78, 5) is 6.02. The van der Waals surface area contributed by atoms with Crippen LogP contribution in [0.3, 0.4) is 0 Å². The smallest absolute Gasteiger partial charge is 0.0499 e. The molecule has 1 aromatic carbocycles. The predicted molar refractivity (Wildman–Crippen MR) is 82.8 cm³/mol. The quantitative estimate of drug-likeness (QED) is 0.901. The summed E-state index contributed by atoms with van der Waals surface area (Å²) >= 11 is 0. The van der Waals surface area contributed by atoms with Crippen LogP contribution in [0.1, 0.15) is 31.2 Å². The molecule has 3 rings (SSSR count). The average molecular weight is 272 g/mol. The Labute approximate surface area is 120 Å². The summed E-state index contributed by atoms with van der Waals surface area (Å²) < 4.78 is 5.27. The number of aromatic amines is 1. The summed E-state index contributed by atoms with van der Waals surface area (Å²) in [5, 5.41) is 1.31. The number of para-hydroxylation sites is 1. The fourth-order valence-corrected chi connectivity index (χ4v) is 3.35. The van der Waals surface area contributed by atoms with E-state index in [0.29, 0.717) is 6.04 Å². The van der Waals surface area contributed by atoms with Gasteiger partial charge in [0.2, 0.25) is 0 Å². The van der Waals surface area contributed by atoms with E-state index in [0.717, 1.165) is 19.6 Å². The zero-order valence-corrected chi connectivity index (χ0v) is 12.3. The number of rotatable bonds is 5. The molecule has 1 aromatic heterocycles. The van der Waals surface area contributed by atoms with Crippen LogP contribution >= 0.6 is 0 Å². The van der Waals surface area contributed by atoms with Crippen molar-refractivity contribution in [2.45, 2.75) is 38.3 Å². The lowest BCUT2D eigenvalue weighted by molar-refractivity contribution is 0.0977. The molecule has 1 saturated heterocycles. The van der Waals surface area contributed by atoms with Gasteiger partial charge in [0.25, 0.3) is 0 Å². The Balaban J connectivity index is 1.76. The van der Waals surface area contributed by atoms with Gasteiger partial charge in [0, 0.05) is 38.0 Å². The normalized spacial score (nSPS) is 20.6. The Morgan fingerprint density at radius 3 is 3.15 bits per heavy atom. The Morgan fingerprint density at radius 1 is 1.30 bits per heavy atom. The van der Waals surface area contributed by atoms with Crippen LogP contribution in [0, 0.1) is 0 Å². The van der Waals surface area contributed by atoms with Crippen molar-refractivity contribution in [1.82, 2.24) is 9.88 Å². The highest BCUT2D eigenvalue weighted by atomic mass is 16.5. The van der Waals surface area contributed by atoms with E-state index in [2.05, 4.69) is 34.1 Å². The van der Waals surface area contributed by atoms with Crippen molar-refractivity contribution < 1.29 is 4.74 Å². The molecule has 1 N–H and O–H groups in total. The number of piperidine rings is 1. The second-order valence-corrected chi connectivity index (χ2v) is 5.76. The number of ether oxygens (including phenoxy) is 1. The number of benzene rings is 1. The molecule has 1 atom stereocenters. The Hall–Kier alpha value is -1.32. The van der Waals surface area contributed by atoms with E-state index < -0.39 is 0 Å². The molecule has 2 aromatic rings. The first-order valence-corrected chi connectivity index (χ1v) is 7.66. The van der Waals surface area contributed by atoms with Gasteiger partial charge in [0.1, 0.15) is 0 Å². The summed E-state index contributed by atoms with van der Waals surface area (Å²) in [6.45, 7) is 3.13. The van der Waals surface area contributed by atoms with Gasteiger partial charge in [-0.15, -0.1) is 0 Å². The first-order chi connectivity index (χ1) is 9.88. The van der Waals surface area contributed by atoms with E-state index in [9.17, 15) is 0 Å². The number of H-pyrrole nitrogens is 1. The molecular formula is C17H24N2O. The molecule has 20 heavy (non-hydrogen) atoms. The summed E-state index contributed by atoms with van der Waals surface area (Å²) in [5.74, 6) is 0. The van der Waals surface area contributed by atoms with Gasteiger partial charge in [-0.2, -0.15) is 0 Å². The monoisotopic (exact) mass is 272 g/mol. The molecule has 0 amide bonds. The molecular weight excluding hydrogens is 248 g/mol. The summed E-state index contributed by atoms with van der Waals surface area (Å²) in [7, 11) is 1.80. The fourth-order valence-electron chi connectivity index (χ4n) is 3.35. The first-order valence-electron chi connectivity index (χ1n) is 7.66. The van der Waals surface area contributed by atoms with Crippen LogP contribution in [0.2, 0.25) is 0 Å². The van der Waals surface area contributed by atoms with E-state index in [1.807, 2.05) is 6.20 Å². The van der Waals surface area contributed by atoms with Gasteiger partial charge in [-0.1, -0.05) is 24.6 Å². The topological polar surface area (TPSA) is 28.3 Å². The molecule has 3 nitrogen and oxygen atoms in total. The van der Waals surface area contributed by atoms with Gasteiger partial charge in [-0.25, -0.2) is 0 Å². The maximum atomic E-state index is 5.27. The highest BCUT2D eigenvalue weighted by molar-refractivity contribution is 5.82. The molecule has 0 bridgehead atoms. The second kappa shape index (κ2) is 6.42. The Bertz CT molecular complexity index is 549. The second-order valence-electron chi connectivity index (χ2n) is 5.76. The van der Waals surface area contributed by atoms with E-state index in [1.165, 1.54) is 42.3 Å². The number of fused-ring (bicyclic) bond motifs is 1. The molecule has 1 fully saturated rings. The van der Waals surface area contributed by atoms with Crippen LogP contribution in [0.25, 0.3) is 10.9 Å². The first kappa shape index (κ1) is 13.7. The standard InChI is InChI=1S/C17H24N2O/c1-20-12-9-16-7-2-3-11-19(16)13-15-6-4-5-14-8-10-18-17(14)15/h4-6,8,10,16,18H,2-3,7,9,11-13H2,1H3/t16-/m0/s1. The molecule has 0 saturated carbocycles. The highest BCUT2D eigenvalue weighted by Gasteiger charge is 2.22. The Morgan fingerprint density at radius 2 is 2.25 bits per heavy atom. The van der Waals surface area contributed by atoms with Crippen LogP contribution in [0.15, 0.2) is 30.5 Å². The lowest BCUT2D eigenvalue weighted by atomic mass is 9.98. The van der Waals surface area contributed by atoms with Crippen LogP contribution in [0.5, 0.6) is 0 Å². The summed E-state index contributed by atoms with van der Waals surface area (Å²) in [5.41, 5.74) is 2.71. The zero-order valence-electron chi connectivity index (χ0n) is 12.3. The van der Waals surface area contributed by atoms with Crippen molar-refractivity contribution in [3.63, 3.8) is 0 Å². The molecule has 0 unspecified atom stereocenters. The number of hydrogen-bond acceptors (Lipinski definition) is 2. The third-order valence-corrected chi connectivity index (χ3v) is 4.45. The van der Waals surface area contributed by atoms with Crippen molar-refractivity contribution in [3.05, 3.63) is 36.0 Å². The maximum Gasteiger partial charge on any atom is 0.0499 e. The van der Waals surface area contributed by atoms with E-state index in [4.69, 9.17) is 4.74 Å². The molecule has 0 radical (unpaired) electrons. The summed E-state index contributed by atoms with van der Waals surface area (Å²) in [6, 6.07) is 9.42. The maximum absolute atomic E-state index is 5.27. The van der Waals surface area contributed by atoms with Gasteiger partial charge in [-0.05, 0) is 42.8 Å². The molecule has 2 heterocycles.